The fourth-order valence-corrected chi connectivity index (χ4v) is 0.675. The lowest BCUT2D eigenvalue weighted by atomic mass is 10.2. The maximum atomic E-state index is 8.97. The minimum absolute atomic E-state index is 0.157. The maximum Gasteiger partial charge on any atom is 0.142 e. The molecule has 2 atom stereocenters. The molecule has 0 bridgehead atoms. The van der Waals surface area contributed by atoms with Crippen molar-refractivity contribution in [3.8, 4) is 0 Å². The first kappa shape index (κ1) is 6.36. The van der Waals surface area contributed by atoms with Crippen LogP contribution in [-0.2, 0) is 4.74 Å². The van der Waals surface area contributed by atoms with Crippen molar-refractivity contribution in [2.75, 3.05) is 0 Å². The van der Waals surface area contributed by atoms with Gasteiger partial charge in [-0.1, -0.05) is 6.08 Å². The van der Waals surface area contributed by atoms with E-state index in [9.17, 15) is 0 Å². The zero-order valence-corrected chi connectivity index (χ0v) is 5.32. The van der Waals surface area contributed by atoms with Crippen LogP contribution in [-0.4, -0.2) is 17.3 Å². The first-order valence-electron chi connectivity index (χ1n) is 2.97. The third kappa shape index (κ3) is 1.57. The van der Waals surface area contributed by atoms with Gasteiger partial charge in [0, 0.05) is 0 Å². The average molecular weight is 126 g/mol. The Bertz CT molecular complexity index is 136. The van der Waals surface area contributed by atoms with Gasteiger partial charge in [0.2, 0.25) is 0 Å². The van der Waals surface area contributed by atoms with Crippen molar-refractivity contribution < 1.29 is 9.84 Å². The minimum Gasteiger partial charge on any atom is -0.491 e. The van der Waals surface area contributed by atoms with Gasteiger partial charge in [-0.05, 0) is 19.1 Å². The first-order chi connectivity index (χ1) is 4.30. The largest absolute Gasteiger partial charge is 0.491 e. The monoisotopic (exact) mass is 126 g/mol. The lowest BCUT2D eigenvalue weighted by Gasteiger charge is -2.16. The number of allylic oxidation sites excluding steroid dienone is 2. The number of aliphatic hydroxyl groups is 1. The van der Waals surface area contributed by atoms with Crippen molar-refractivity contribution in [3.63, 3.8) is 0 Å². The van der Waals surface area contributed by atoms with Gasteiger partial charge in [0.05, 0.1) is 12.4 Å². The second-order valence-corrected chi connectivity index (χ2v) is 2.05. The molecule has 50 valence electrons. The van der Waals surface area contributed by atoms with Crippen LogP contribution < -0.4 is 0 Å². The fourth-order valence-electron chi connectivity index (χ4n) is 0.675. The van der Waals surface area contributed by atoms with Crippen molar-refractivity contribution in [1.82, 2.24) is 0 Å². The average Bonchev–Trinajstić information content (AvgIpc) is 1.90. The SMILES string of the molecule is CC(O)C1C=CC=CO1. The normalized spacial score (nSPS) is 27.6. The molecule has 0 aromatic heterocycles. The number of ether oxygens (including phenoxy) is 1. The Hall–Kier alpha value is -0.760. The van der Waals surface area contributed by atoms with Crippen molar-refractivity contribution >= 4 is 0 Å². The molecule has 0 spiro atoms. The molecule has 0 aromatic rings. The molecule has 0 radical (unpaired) electrons. The highest BCUT2D eigenvalue weighted by Crippen LogP contribution is 2.05. The van der Waals surface area contributed by atoms with Crippen LogP contribution in [0.25, 0.3) is 0 Å². The number of hydrogen-bond donors (Lipinski definition) is 1. The van der Waals surface area contributed by atoms with Crippen LogP contribution in [0.2, 0.25) is 0 Å². The predicted molar refractivity (Wildman–Crippen MR) is 34.8 cm³/mol. The lowest BCUT2D eigenvalue weighted by Crippen LogP contribution is -2.22. The number of aliphatic hydroxyl groups excluding tert-OH is 1. The summed E-state index contributed by atoms with van der Waals surface area (Å²) >= 11 is 0. The standard InChI is InChI=1S/C7H10O2/c1-6(8)7-4-2-3-5-9-7/h2-8H,1H3. The van der Waals surface area contributed by atoms with Crippen LogP contribution in [0.5, 0.6) is 0 Å². The van der Waals surface area contributed by atoms with Crippen LogP contribution >= 0.6 is 0 Å². The molecule has 0 saturated carbocycles. The van der Waals surface area contributed by atoms with Gasteiger partial charge in [0.25, 0.3) is 0 Å². The van der Waals surface area contributed by atoms with Gasteiger partial charge in [0.15, 0.2) is 0 Å². The van der Waals surface area contributed by atoms with Gasteiger partial charge < -0.3 is 9.84 Å². The molecule has 0 saturated heterocycles. The molecule has 9 heavy (non-hydrogen) atoms. The molecule has 0 fully saturated rings. The zero-order valence-electron chi connectivity index (χ0n) is 5.32. The van der Waals surface area contributed by atoms with Crippen LogP contribution in [0.3, 0.4) is 0 Å². The van der Waals surface area contributed by atoms with E-state index in [-0.39, 0.29) is 6.10 Å². The molecule has 2 heteroatoms. The quantitative estimate of drug-likeness (QED) is 0.564. The second kappa shape index (κ2) is 2.69. The topological polar surface area (TPSA) is 29.5 Å². The molecule has 0 aliphatic carbocycles. The number of rotatable bonds is 1. The molecule has 1 heterocycles. The molecule has 2 unspecified atom stereocenters. The highest BCUT2D eigenvalue weighted by Gasteiger charge is 2.11. The van der Waals surface area contributed by atoms with Crippen LogP contribution in [0, 0.1) is 0 Å². The smallest absolute Gasteiger partial charge is 0.142 e. The summed E-state index contributed by atoms with van der Waals surface area (Å²) in [7, 11) is 0. The second-order valence-electron chi connectivity index (χ2n) is 2.05. The molecule has 0 amide bonds. The Kier molecular flexibility index (Phi) is 1.90. The Labute approximate surface area is 54.5 Å². The molecular formula is C7H10O2. The van der Waals surface area contributed by atoms with Gasteiger partial charge in [-0.2, -0.15) is 0 Å². The third-order valence-electron chi connectivity index (χ3n) is 1.20. The molecule has 0 aromatic carbocycles. The summed E-state index contributed by atoms with van der Waals surface area (Å²) in [4.78, 5) is 0. The first-order valence-corrected chi connectivity index (χ1v) is 2.97. The van der Waals surface area contributed by atoms with Crippen LogP contribution in [0.15, 0.2) is 24.5 Å². The molecular weight excluding hydrogens is 116 g/mol. The molecule has 2 nitrogen and oxygen atoms in total. The van der Waals surface area contributed by atoms with Gasteiger partial charge >= 0.3 is 0 Å². The zero-order chi connectivity index (χ0) is 6.69. The lowest BCUT2D eigenvalue weighted by molar-refractivity contribution is 0.0478. The van der Waals surface area contributed by atoms with Gasteiger partial charge in [-0.25, -0.2) is 0 Å². The highest BCUT2D eigenvalue weighted by atomic mass is 16.5. The molecule has 1 N–H and O–H groups in total. The van der Waals surface area contributed by atoms with E-state index in [2.05, 4.69) is 0 Å². The molecule has 1 aliphatic rings. The Morgan fingerprint density at radius 3 is 2.67 bits per heavy atom. The van der Waals surface area contributed by atoms with Crippen molar-refractivity contribution in [3.05, 3.63) is 24.5 Å². The van der Waals surface area contributed by atoms with Gasteiger partial charge in [-0.15, -0.1) is 0 Å². The van der Waals surface area contributed by atoms with Crippen molar-refractivity contribution in [2.45, 2.75) is 19.1 Å². The minimum atomic E-state index is -0.425. The predicted octanol–water partition coefficient (Wildman–Crippen LogP) is 0.836. The highest BCUT2D eigenvalue weighted by molar-refractivity contribution is 5.08. The number of hydrogen-bond acceptors (Lipinski definition) is 2. The summed E-state index contributed by atoms with van der Waals surface area (Å²) in [5.41, 5.74) is 0. The molecule has 1 aliphatic heterocycles. The summed E-state index contributed by atoms with van der Waals surface area (Å²) < 4.78 is 5.02. The Morgan fingerprint density at radius 2 is 2.33 bits per heavy atom. The maximum absolute atomic E-state index is 8.97. The van der Waals surface area contributed by atoms with E-state index < -0.39 is 6.10 Å². The summed E-state index contributed by atoms with van der Waals surface area (Å²) in [5, 5.41) is 8.97. The van der Waals surface area contributed by atoms with E-state index >= 15 is 0 Å². The van der Waals surface area contributed by atoms with Crippen LogP contribution in [0.4, 0.5) is 0 Å². The van der Waals surface area contributed by atoms with E-state index in [1.165, 1.54) is 0 Å². The van der Waals surface area contributed by atoms with E-state index in [0.717, 1.165) is 0 Å². The summed E-state index contributed by atoms with van der Waals surface area (Å²) in [6.07, 6.45) is 6.48. The summed E-state index contributed by atoms with van der Waals surface area (Å²) in [5.74, 6) is 0. The van der Waals surface area contributed by atoms with Crippen molar-refractivity contribution in [2.24, 2.45) is 0 Å². The van der Waals surface area contributed by atoms with E-state index in [1.807, 2.05) is 12.2 Å². The van der Waals surface area contributed by atoms with Gasteiger partial charge in [-0.3, -0.25) is 0 Å². The van der Waals surface area contributed by atoms with Crippen LogP contribution in [0.1, 0.15) is 6.92 Å². The van der Waals surface area contributed by atoms with Gasteiger partial charge in [0.1, 0.15) is 6.10 Å². The summed E-state index contributed by atoms with van der Waals surface area (Å²) in [6.45, 7) is 1.70. The molecule has 1 rings (SSSR count). The summed E-state index contributed by atoms with van der Waals surface area (Å²) in [6, 6.07) is 0. The van der Waals surface area contributed by atoms with E-state index in [1.54, 1.807) is 19.3 Å². The van der Waals surface area contributed by atoms with E-state index in [4.69, 9.17) is 9.84 Å². The Balaban J connectivity index is 2.46. The third-order valence-corrected chi connectivity index (χ3v) is 1.20. The fraction of sp³-hybridized carbons (Fsp3) is 0.429. The Morgan fingerprint density at radius 1 is 1.56 bits per heavy atom. The van der Waals surface area contributed by atoms with Crippen molar-refractivity contribution in [1.29, 1.82) is 0 Å². The van der Waals surface area contributed by atoms with E-state index in [0.29, 0.717) is 0 Å².